The van der Waals surface area contributed by atoms with Gasteiger partial charge in [0.15, 0.2) is 11.5 Å². The van der Waals surface area contributed by atoms with Crippen LogP contribution in [0.15, 0.2) is 36.0 Å². The van der Waals surface area contributed by atoms with Crippen LogP contribution in [0.1, 0.15) is 18.1 Å². The highest BCUT2D eigenvalue weighted by Gasteiger charge is 2.23. The third kappa shape index (κ3) is 4.89. The lowest BCUT2D eigenvalue weighted by Crippen LogP contribution is -2.22. The van der Waals surface area contributed by atoms with Gasteiger partial charge >= 0.3 is 6.03 Å². The standard InChI is InChI=1S/C19H15Cl2IN2O4/c1-2-27-16-8-11(7-15-18(25)24-19(26)23-15)6-14(22)17(16)28-9-10-3-4-12(20)13(21)5-10/h3-8H,2,9H2,1H3,(H2,23,24,25,26)/b15-7+. The highest BCUT2D eigenvalue weighted by atomic mass is 127. The molecule has 2 N–H and O–H groups in total. The second-order valence-electron chi connectivity index (χ2n) is 5.77. The molecule has 3 amide bonds. The Morgan fingerprint density at radius 3 is 2.50 bits per heavy atom. The number of nitrogens with one attached hydrogen (secondary N) is 2. The molecular weight excluding hydrogens is 518 g/mol. The van der Waals surface area contributed by atoms with E-state index in [9.17, 15) is 9.59 Å². The summed E-state index contributed by atoms with van der Waals surface area (Å²) in [5, 5.41) is 5.56. The second kappa shape index (κ2) is 9.02. The van der Waals surface area contributed by atoms with Gasteiger partial charge in [-0.05, 0) is 71.0 Å². The van der Waals surface area contributed by atoms with E-state index in [1.807, 2.05) is 19.1 Å². The second-order valence-corrected chi connectivity index (χ2v) is 7.74. The topological polar surface area (TPSA) is 76.7 Å². The van der Waals surface area contributed by atoms with E-state index < -0.39 is 11.9 Å². The Labute approximate surface area is 185 Å². The van der Waals surface area contributed by atoms with Crippen molar-refractivity contribution in [3.05, 3.63) is 60.8 Å². The number of carbonyl (C=O) groups is 2. The fourth-order valence-electron chi connectivity index (χ4n) is 2.51. The van der Waals surface area contributed by atoms with Gasteiger partial charge in [-0.15, -0.1) is 0 Å². The molecule has 0 unspecified atom stereocenters. The van der Waals surface area contributed by atoms with Crippen molar-refractivity contribution < 1.29 is 19.1 Å². The lowest BCUT2D eigenvalue weighted by molar-refractivity contribution is -0.115. The molecule has 1 aliphatic rings. The molecular formula is C19H15Cl2IN2O4. The molecule has 0 aromatic heterocycles. The summed E-state index contributed by atoms with van der Waals surface area (Å²) in [6.07, 6.45) is 1.58. The SMILES string of the molecule is CCOc1cc(/C=C2/NC(=O)NC2=O)cc(I)c1OCc1ccc(Cl)c(Cl)c1. The van der Waals surface area contributed by atoms with Crippen LogP contribution in [0.2, 0.25) is 10.0 Å². The molecule has 9 heteroatoms. The first kappa shape index (κ1) is 20.8. The molecule has 0 atom stereocenters. The molecule has 1 heterocycles. The average Bonchev–Trinajstić information content (AvgIpc) is 2.94. The van der Waals surface area contributed by atoms with Gasteiger partial charge in [-0.2, -0.15) is 0 Å². The zero-order valence-electron chi connectivity index (χ0n) is 14.6. The van der Waals surface area contributed by atoms with E-state index in [1.165, 1.54) is 0 Å². The number of imide groups is 1. The number of urea groups is 1. The summed E-state index contributed by atoms with van der Waals surface area (Å²) in [6.45, 7) is 2.59. The number of halogens is 3. The Kier molecular flexibility index (Phi) is 6.69. The molecule has 2 aromatic rings. The molecule has 0 aliphatic carbocycles. The molecule has 0 spiro atoms. The van der Waals surface area contributed by atoms with Gasteiger partial charge in [0.25, 0.3) is 5.91 Å². The molecule has 0 radical (unpaired) electrons. The minimum absolute atomic E-state index is 0.174. The molecule has 3 rings (SSSR count). The minimum Gasteiger partial charge on any atom is -0.490 e. The van der Waals surface area contributed by atoms with Crippen LogP contribution >= 0.6 is 45.8 Å². The third-order valence-corrected chi connectivity index (χ3v) is 5.27. The van der Waals surface area contributed by atoms with Gasteiger partial charge < -0.3 is 14.8 Å². The van der Waals surface area contributed by atoms with Crippen molar-refractivity contribution >= 4 is 63.8 Å². The van der Waals surface area contributed by atoms with Crippen molar-refractivity contribution in [2.45, 2.75) is 13.5 Å². The maximum atomic E-state index is 11.7. The van der Waals surface area contributed by atoms with Crippen LogP contribution in [0.3, 0.4) is 0 Å². The summed E-state index contributed by atoms with van der Waals surface area (Å²) in [5.74, 6) is 0.638. The fourth-order valence-corrected chi connectivity index (χ4v) is 3.61. The van der Waals surface area contributed by atoms with Crippen LogP contribution < -0.4 is 20.1 Å². The molecule has 1 fully saturated rings. The number of hydrogen-bond donors (Lipinski definition) is 2. The summed E-state index contributed by atoms with van der Waals surface area (Å²) in [5.41, 5.74) is 1.74. The minimum atomic E-state index is -0.544. The Morgan fingerprint density at radius 2 is 1.86 bits per heavy atom. The summed E-state index contributed by atoms with van der Waals surface area (Å²) < 4.78 is 12.5. The van der Waals surface area contributed by atoms with Crippen molar-refractivity contribution in [3.8, 4) is 11.5 Å². The lowest BCUT2D eigenvalue weighted by Gasteiger charge is -2.15. The third-order valence-electron chi connectivity index (χ3n) is 3.73. The van der Waals surface area contributed by atoms with Gasteiger partial charge in [0, 0.05) is 0 Å². The molecule has 2 aromatic carbocycles. The van der Waals surface area contributed by atoms with Gasteiger partial charge in [0.2, 0.25) is 0 Å². The highest BCUT2D eigenvalue weighted by molar-refractivity contribution is 14.1. The Bertz CT molecular complexity index is 979. The molecule has 6 nitrogen and oxygen atoms in total. The van der Waals surface area contributed by atoms with Crippen LogP contribution in [-0.2, 0) is 11.4 Å². The first-order valence-corrected chi connectivity index (χ1v) is 10.1. The Balaban J connectivity index is 1.86. The first-order chi connectivity index (χ1) is 13.4. The molecule has 1 saturated heterocycles. The predicted octanol–water partition coefficient (Wildman–Crippen LogP) is 4.76. The maximum Gasteiger partial charge on any atom is 0.326 e. The lowest BCUT2D eigenvalue weighted by atomic mass is 10.1. The molecule has 146 valence electrons. The van der Waals surface area contributed by atoms with Crippen molar-refractivity contribution in [2.75, 3.05) is 6.61 Å². The molecule has 28 heavy (non-hydrogen) atoms. The van der Waals surface area contributed by atoms with Crippen LogP contribution in [0.4, 0.5) is 4.79 Å². The number of amides is 3. The van der Waals surface area contributed by atoms with Crippen LogP contribution in [0.25, 0.3) is 6.08 Å². The van der Waals surface area contributed by atoms with E-state index in [2.05, 4.69) is 33.2 Å². The summed E-state index contributed by atoms with van der Waals surface area (Å²) in [4.78, 5) is 23.0. The maximum absolute atomic E-state index is 11.7. The highest BCUT2D eigenvalue weighted by Crippen LogP contribution is 2.36. The van der Waals surface area contributed by atoms with Crippen molar-refractivity contribution in [3.63, 3.8) is 0 Å². The number of benzene rings is 2. The molecule has 0 saturated carbocycles. The van der Waals surface area contributed by atoms with Crippen molar-refractivity contribution in [2.24, 2.45) is 0 Å². The number of rotatable bonds is 6. The van der Waals surface area contributed by atoms with Crippen LogP contribution in [0, 0.1) is 3.57 Å². The van der Waals surface area contributed by atoms with Gasteiger partial charge in [-0.3, -0.25) is 10.1 Å². The number of ether oxygens (including phenoxy) is 2. The van der Waals surface area contributed by atoms with E-state index in [1.54, 1.807) is 24.3 Å². The van der Waals surface area contributed by atoms with Gasteiger partial charge in [-0.1, -0.05) is 29.3 Å². The Hall–Kier alpha value is -1.97. The quantitative estimate of drug-likeness (QED) is 0.319. The zero-order valence-corrected chi connectivity index (χ0v) is 18.3. The summed E-state index contributed by atoms with van der Waals surface area (Å²) in [6, 6.07) is 8.34. The van der Waals surface area contributed by atoms with Crippen LogP contribution in [-0.4, -0.2) is 18.5 Å². The number of carbonyl (C=O) groups excluding carboxylic acids is 2. The summed E-state index contributed by atoms with van der Waals surface area (Å²) >= 11 is 14.1. The van der Waals surface area contributed by atoms with Crippen LogP contribution in [0.5, 0.6) is 11.5 Å². The van der Waals surface area contributed by atoms with E-state index in [4.69, 9.17) is 32.7 Å². The fraction of sp³-hybridized carbons (Fsp3) is 0.158. The normalized spacial score (nSPS) is 14.8. The largest absolute Gasteiger partial charge is 0.490 e. The predicted molar refractivity (Wildman–Crippen MR) is 116 cm³/mol. The molecule has 1 aliphatic heterocycles. The van der Waals surface area contributed by atoms with E-state index in [0.29, 0.717) is 33.7 Å². The van der Waals surface area contributed by atoms with E-state index in [-0.39, 0.29) is 12.3 Å². The van der Waals surface area contributed by atoms with E-state index >= 15 is 0 Å². The molecule has 0 bridgehead atoms. The van der Waals surface area contributed by atoms with Gasteiger partial charge in [0.05, 0.1) is 20.2 Å². The van der Waals surface area contributed by atoms with Gasteiger partial charge in [0.1, 0.15) is 12.3 Å². The van der Waals surface area contributed by atoms with E-state index in [0.717, 1.165) is 9.13 Å². The Morgan fingerprint density at radius 1 is 1.07 bits per heavy atom. The smallest absolute Gasteiger partial charge is 0.326 e. The summed E-state index contributed by atoms with van der Waals surface area (Å²) in [7, 11) is 0. The van der Waals surface area contributed by atoms with Crippen molar-refractivity contribution in [1.82, 2.24) is 10.6 Å². The number of hydrogen-bond acceptors (Lipinski definition) is 4. The van der Waals surface area contributed by atoms with Gasteiger partial charge in [-0.25, -0.2) is 4.79 Å². The first-order valence-electron chi connectivity index (χ1n) is 8.24. The zero-order chi connectivity index (χ0) is 20.3. The van der Waals surface area contributed by atoms with Crippen molar-refractivity contribution in [1.29, 1.82) is 0 Å². The monoisotopic (exact) mass is 532 g/mol. The average molecular weight is 533 g/mol.